The van der Waals surface area contributed by atoms with Gasteiger partial charge in [0.15, 0.2) is 0 Å². The maximum atomic E-state index is 12.2. The highest BCUT2D eigenvalue weighted by Gasteiger charge is 2.19. The van der Waals surface area contributed by atoms with Gasteiger partial charge < -0.3 is 14.7 Å². The van der Waals surface area contributed by atoms with E-state index < -0.39 is 6.10 Å². The van der Waals surface area contributed by atoms with Gasteiger partial charge in [-0.1, -0.05) is 11.6 Å². The van der Waals surface area contributed by atoms with Crippen molar-refractivity contribution in [2.45, 2.75) is 6.10 Å². The van der Waals surface area contributed by atoms with Crippen molar-refractivity contribution in [2.75, 3.05) is 27.3 Å². The second-order valence-corrected chi connectivity index (χ2v) is 7.01. The van der Waals surface area contributed by atoms with Crippen LogP contribution in [0.2, 0.25) is 4.34 Å². The molecular weight excluding hydrogens is 332 g/mol. The minimum atomic E-state index is -0.710. The van der Waals surface area contributed by atoms with Gasteiger partial charge in [0.1, 0.15) is 10.7 Å². The average molecular weight is 347 g/mol. The number of halogens is 1. The molecule has 1 N–H and O–H groups in total. The third kappa shape index (κ3) is 4.24. The van der Waals surface area contributed by atoms with Crippen LogP contribution in [0.4, 0.5) is 0 Å². The van der Waals surface area contributed by atoms with Gasteiger partial charge in [-0.25, -0.2) is 4.98 Å². The van der Waals surface area contributed by atoms with Gasteiger partial charge in [-0.2, -0.15) is 0 Å². The Bertz CT molecular complexity index is 614. The maximum absolute atomic E-state index is 12.2. The second-order valence-electron chi connectivity index (χ2n) is 4.44. The van der Waals surface area contributed by atoms with Gasteiger partial charge in [-0.15, -0.1) is 22.7 Å². The van der Waals surface area contributed by atoms with E-state index in [1.807, 2.05) is 6.07 Å². The van der Waals surface area contributed by atoms with Gasteiger partial charge in [0.25, 0.3) is 5.91 Å². The third-order valence-electron chi connectivity index (χ3n) is 2.70. The molecule has 114 valence electrons. The standard InChI is InChI=1S/C13H15ClN2O3S2/c1-16(5-8(17)6-19-2)13(18)9-7-20-12(15-9)10-3-4-11(14)21-10/h3-4,7-8,17H,5-6H2,1-2H3. The molecule has 0 bridgehead atoms. The molecule has 1 atom stereocenters. The lowest BCUT2D eigenvalue weighted by Crippen LogP contribution is -2.36. The van der Waals surface area contributed by atoms with Crippen LogP contribution in [0.3, 0.4) is 0 Å². The molecule has 2 rings (SSSR count). The molecule has 0 fully saturated rings. The van der Waals surface area contributed by atoms with E-state index in [0.717, 1.165) is 9.88 Å². The lowest BCUT2D eigenvalue weighted by molar-refractivity contribution is 0.0378. The summed E-state index contributed by atoms with van der Waals surface area (Å²) in [6.45, 7) is 0.387. The van der Waals surface area contributed by atoms with Crippen molar-refractivity contribution in [3.05, 3.63) is 27.5 Å². The normalized spacial score (nSPS) is 12.4. The van der Waals surface area contributed by atoms with E-state index >= 15 is 0 Å². The first-order chi connectivity index (χ1) is 10.0. The maximum Gasteiger partial charge on any atom is 0.273 e. The van der Waals surface area contributed by atoms with Crippen molar-refractivity contribution >= 4 is 40.2 Å². The Hall–Kier alpha value is -0.990. The van der Waals surface area contributed by atoms with E-state index in [4.69, 9.17) is 16.3 Å². The summed E-state index contributed by atoms with van der Waals surface area (Å²) in [5.41, 5.74) is 0.367. The van der Waals surface area contributed by atoms with E-state index in [1.54, 1.807) is 18.5 Å². The minimum absolute atomic E-state index is 0.188. The number of rotatable bonds is 6. The Kier molecular flexibility index (Phi) is 5.72. The average Bonchev–Trinajstić information content (AvgIpc) is 3.06. The van der Waals surface area contributed by atoms with Crippen LogP contribution in [-0.2, 0) is 4.74 Å². The first kappa shape index (κ1) is 16.4. The topological polar surface area (TPSA) is 62.7 Å². The van der Waals surface area contributed by atoms with Crippen LogP contribution < -0.4 is 0 Å². The molecule has 0 radical (unpaired) electrons. The quantitative estimate of drug-likeness (QED) is 0.873. The van der Waals surface area contributed by atoms with Crippen molar-refractivity contribution in [3.8, 4) is 9.88 Å². The number of thiazole rings is 1. The Balaban J connectivity index is 2.05. The van der Waals surface area contributed by atoms with E-state index in [-0.39, 0.29) is 19.1 Å². The number of hydrogen-bond acceptors (Lipinski definition) is 6. The number of likely N-dealkylation sites (N-methyl/N-ethyl adjacent to an activating group) is 1. The van der Waals surface area contributed by atoms with Gasteiger partial charge in [-0.05, 0) is 12.1 Å². The predicted molar refractivity (Wildman–Crippen MR) is 85.3 cm³/mol. The van der Waals surface area contributed by atoms with Crippen LogP contribution in [0.1, 0.15) is 10.5 Å². The molecule has 1 unspecified atom stereocenters. The monoisotopic (exact) mass is 346 g/mol. The molecule has 0 spiro atoms. The summed E-state index contributed by atoms with van der Waals surface area (Å²) in [7, 11) is 3.13. The van der Waals surface area contributed by atoms with Crippen molar-refractivity contribution in [3.63, 3.8) is 0 Å². The lowest BCUT2D eigenvalue weighted by Gasteiger charge is -2.19. The summed E-state index contributed by atoms with van der Waals surface area (Å²) in [5.74, 6) is -0.227. The third-order valence-corrected chi connectivity index (χ3v) is 4.94. The van der Waals surface area contributed by atoms with E-state index in [9.17, 15) is 9.90 Å². The summed E-state index contributed by atoms with van der Waals surface area (Å²) in [6.07, 6.45) is -0.710. The fourth-order valence-corrected chi connectivity index (χ4v) is 3.66. The van der Waals surface area contributed by atoms with Crippen LogP contribution in [-0.4, -0.2) is 54.3 Å². The van der Waals surface area contributed by atoms with E-state index in [0.29, 0.717) is 10.0 Å². The highest BCUT2D eigenvalue weighted by Crippen LogP contribution is 2.33. The number of hydrogen-bond donors (Lipinski definition) is 1. The fraction of sp³-hybridized carbons (Fsp3) is 0.385. The number of aliphatic hydroxyl groups excluding tert-OH is 1. The number of carbonyl (C=O) groups excluding carboxylic acids is 1. The summed E-state index contributed by atoms with van der Waals surface area (Å²) in [4.78, 5) is 18.9. The number of amides is 1. The molecule has 21 heavy (non-hydrogen) atoms. The van der Waals surface area contributed by atoms with Gasteiger partial charge in [0.05, 0.1) is 21.9 Å². The van der Waals surface area contributed by atoms with Crippen LogP contribution in [0.15, 0.2) is 17.5 Å². The van der Waals surface area contributed by atoms with Crippen LogP contribution in [0.5, 0.6) is 0 Å². The second kappa shape index (κ2) is 7.33. The summed E-state index contributed by atoms with van der Waals surface area (Å²) in [5, 5.41) is 12.1. The number of nitrogens with zero attached hydrogens (tertiary/aromatic N) is 2. The number of ether oxygens (including phenoxy) is 1. The first-order valence-electron chi connectivity index (χ1n) is 6.15. The van der Waals surface area contributed by atoms with Crippen LogP contribution in [0, 0.1) is 0 Å². The zero-order valence-corrected chi connectivity index (χ0v) is 14.0. The fourth-order valence-electron chi connectivity index (χ4n) is 1.75. The summed E-state index contributed by atoms with van der Waals surface area (Å²) in [6, 6.07) is 3.68. The molecule has 0 saturated carbocycles. The highest BCUT2D eigenvalue weighted by atomic mass is 35.5. The molecule has 0 aliphatic heterocycles. The molecule has 2 heterocycles. The van der Waals surface area contributed by atoms with Gasteiger partial charge in [0, 0.05) is 26.1 Å². The summed E-state index contributed by atoms with van der Waals surface area (Å²) < 4.78 is 5.53. The van der Waals surface area contributed by atoms with Crippen molar-refractivity contribution < 1.29 is 14.6 Å². The Morgan fingerprint density at radius 3 is 2.95 bits per heavy atom. The SMILES string of the molecule is COCC(O)CN(C)C(=O)c1csc(-c2ccc(Cl)s2)n1. The van der Waals surface area contributed by atoms with Crippen molar-refractivity contribution in [2.24, 2.45) is 0 Å². The molecule has 0 aromatic carbocycles. The van der Waals surface area contributed by atoms with E-state index in [1.165, 1.54) is 34.7 Å². The molecule has 1 amide bonds. The minimum Gasteiger partial charge on any atom is -0.389 e. The van der Waals surface area contributed by atoms with Crippen LogP contribution in [0.25, 0.3) is 9.88 Å². The Labute approximate surface area is 135 Å². The number of thiophene rings is 1. The summed E-state index contributed by atoms with van der Waals surface area (Å²) >= 11 is 8.72. The van der Waals surface area contributed by atoms with Crippen molar-refractivity contribution in [1.82, 2.24) is 9.88 Å². The number of methoxy groups -OCH3 is 1. The predicted octanol–water partition coefficient (Wildman–Crippen LogP) is 2.60. The Morgan fingerprint density at radius 1 is 1.57 bits per heavy atom. The molecule has 0 saturated heterocycles. The molecule has 8 heteroatoms. The lowest BCUT2D eigenvalue weighted by atomic mass is 10.3. The van der Waals surface area contributed by atoms with E-state index in [2.05, 4.69) is 4.98 Å². The molecule has 0 aliphatic rings. The molecule has 2 aromatic heterocycles. The zero-order chi connectivity index (χ0) is 15.4. The van der Waals surface area contributed by atoms with Crippen LogP contribution >= 0.6 is 34.3 Å². The smallest absolute Gasteiger partial charge is 0.273 e. The molecule has 0 aliphatic carbocycles. The zero-order valence-electron chi connectivity index (χ0n) is 11.6. The Morgan fingerprint density at radius 2 is 2.33 bits per heavy atom. The van der Waals surface area contributed by atoms with Gasteiger partial charge in [-0.3, -0.25) is 4.79 Å². The number of aliphatic hydroxyl groups is 1. The van der Waals surface area contributed by atoms with Crippen molar-refractivity contribution in [1.29, 1.82) is 0 Å². The largest absolute Gasteiger partial charge is 0.389 e. The molecule has 5 nitrogen and oxygen atoms in total. The highest BCUT2D eigenvalue weighted by molar-refractivity contribution is 7.23. The molecule has 2 aromatic rings. The molecular formula is C13H15ClN2O3S2. The van der Waals surface area contributed by atoms with Gasteiger partial charge >= 0.3 is 0 Å². The number of carbonyl (C=O) groups is 1. The number of aromatic nitrogens is 1. The van der Waals surface area contributed by atoms with Gasteiger partial charge in [0.2, 0.25) is 0 Å². The first-order valence-corrected chi connectivity index (χ1v) is 8.22.